The van der Waals surface area contributed by atoms with Crippen LogP contribution in [0.15, 0.2) is 10.9 Å². The highest BCUT2D eigenvalue weighted by Gasteiger charge is 2.12. The molecule has 1 amide bonds. The van der Waals surface area contributed by atoms with Gasteiger partial charge in [0, 0.05) is 19.0 Å². The van der Waals surface area contributed by atoms with E-state index >= 15 is 0 Å². The van der Waals surface area contributed by atoms with Gasteiger partial charge in [-0.2, -0.15) is 0 Å². The van der Waals surface area contributed by atoms with E-state index in [2.05, 4.69) is 15.6 Å². The number of rotatable bonds is 4. The zero-order valence-corrected chi connectivity index (χ0v) is 12.1. The number of aromatic nitrogens is 2. The smallest absolute Gasteiger partial charge is 0.253 e. The van der Waals surface area contributed by atoms with Crippen LogP contribution in [-0.4, -0.2) is 22.0 Å². The summed E-state index contributed by atoms with van der Waals surface area (Å²) >= 11 is 0. The average molecular weight is 278 g/mol. The number of hydrogen-bond acceptors (Lipinski definition) is 4. The lowest BCUT2D eigenvalue weighted by atomic mass is 10.1. The highest BCUT2D eigenvalue weighted by Crippen LogP contribution is 2.03. The van der Waals surface area contributed by atoms with Crippen molar-refractivity contribution in [1.29, 1.82) is 0 Å². The molecule has 6 heteroatoms. The molecular weight excluding hydrogens is 256 g/mol. The van der Waals surface area contributed by atoms with Gasteiger partial charge in [0.2, 0.25) is 5.91 Å². The van der Waals surface area contributed by atoms with E-state index in [9.17, 15) is 9.59 Å². The zero-order valence-electron chi connectivity index (χ0n) is 12.1. The van der Waals surface area contributed by atoms with Crippen LogP contribution in [0.1, 0.15) is 38.2 Å². The Morgan fingerprint density at radius 3 is 3.10 bits per heavy atom. The summed E-state index contributed by atoms with van der Waals surface area (Å²) in [6.07, 6.45) is 1.42. The van der Waals surface area contributed by atoms with Crippen LogP contribution >= 0.6 is 0 Å². The molecule has 2 rings (SSSR count). The SMILES string of the molecule is CC(C)CC(=O)NCc1cc(=O)n2c(n1)CNCCC2. The molecule has 20 heavy (non-hydrogen) atoms. The van der Waals surface area contributed by atoms with Crippen LogP contribution in [0.3, 0.4) is 0 Å². The van der Waals surface area contributed by atoms with Crippen molar-refractivity contribution in [2.75, 3.05) is 6.54 Å². The number of carbonyl (C=O) groups is 1. The highest BCUT2D eigenvalue weighted by atomic mass is 16.1. The summed E-state index contributed by atoms with van der Waals surface area (Å²) < 4.78 is 1.71. The minimum Gasteiger partial charge on any atom is -0.350 e. The van der Waals surface area contributed by atoms with E-state index in [1.54, 1.807) is 4.57 Å². The molecule has 0 saturated carbocycles. The normalized spacial score (nSPS) is 14.8. The van der Waals surface area contributed by atoms with Crippen molar-refractivity contribution in [3.8, 4) is 0 Å². The molecule has 0 saturated heterocycles. The summed E-state index contributed by atoms with van der Waals surface area (Å²) in [5.41, 5.74) is 0.592. The second-order valence-corrected chi connectivity index (χ2v) is 5.56. The maximum absolute atomic E-state index is 12.0. The van der Waals surface area contributed by atoms with Crippen molar-refractivity contribution in [3.63, 3.8) is 0 Å². The van der Waals surface area contributed by atoms with Crippen LogP contribution in [0.25, 0.3) is 0 Å². The fraction of sp³-hybridized carbons (Fsp3) is 0.643. The first-order chi connectivity index (χ1) is 9.56. The Morgan fingerprint density at radius 1 is 1.55 bits per heavy atom. The maximum atomic E-state index is 12.0. The highest BCUT2D eigenvalue weighted by molar-refractivity contribution is 5.75. The molecule has 0 aliphatic carbocycles. The third-order valence-electron chi connectivity index (χ3n) is 3.22. The maximum Gasteiger partial charge on any atom is 0.253 e. The molecule has 2 N–H and O–H groups in total. The standard InChI is InChI=1S/C14H22N4O2/c1-10(2)6-13(19)16-8-11-7-14(20)18-5-3-4-15-9-12(18)17-11/h7,10,15H,3-6,8-9H2,1-2H3,(H,16,19). The lowest BCUT2D eigenvalue weighted by Crippen LogP contribution is -2.29. The molecule has 110 valence electrons. The minimum atomic E-state index is -0.0354. The molecule has 0 radical (unpaired) electrons. The monoisotopic (exact) mass is 278 g/mol. The van der Waals surface area contributed by atoms with Gasteiger partial charge in [-0.1, -0.05) is 13.8 Å². The van der Waals surface area contributed by atoms with Gasteiger partial charge in [0.15, 0.2) is 0 Å². The summed E-state index contributed by atoms with van der Waals surface area (Å²) in [5, 5.41) is 6.05. The predicted octanol–water partition coefficient (Wildman–Crippen LogP) is 0.399. The summed E-state index contributed by atoms with van der Waals surface area (Å²) in [6.45, 7) is 6.51. The Hall–Kier alpha value is -1.69. The lowest BCUT2D eigenvalue weighted by Gasteiger charge is -2.11. The number of amides is 1. The second-order valence-electron chi connectivity index (χ2n) is 5.56. The van der Waals surface area contributed by atoms with Gasteiger partial charge in [-0.3, -0.25) is 14.2 Å². The van der Waals surface area contributed by atoms with Gasteiger partial charge in [-0.05, 0) is 18.9 Å². The van der Waals surface area contributed by atoms with E-state index in [-0.39, 0.29) is 11.5 Å². The summed E-state index contributed by atoms with van der Waals surface area (Å²) in [5.74, 6) is 1.07. The molecule has 1 aromatic heterocycles. The number of fused-ring (bicyclic) bond motifs is 1. The molecule has 2 heterocycles. The molecule has 0 bridgehead atoms. The average Bonchev–Trinajstić information content (AvgIpc) is 2.61. The molecular formula is C14H22N4O2. The van der Waals surface area contributed by atoms with Crippen molar-refractivity contribution >= 4 is 5.91 Å². The second kappa shape index (κ2) is 6.65. The first kappa shape index (κ1) is 14.7. The fourth-order valence-electron chi connectivity index (χ4n) is 2.27. The van der Waals surface area contributed by atoms with E-state index in [4.69, 9.17) is 0 Å². The van der Waals surface area contributed by atoms with Gasteiger partial charge in [0.1, 0.15) is 5.82 Å². The fourth-order valence-corrected chi connectivity index (χ4v) is 2.27. The summed E-state index contributed by atoms with van der Waals surface area (Å²) in [4.78, 5) is 28.1. The lowest BCUT2D eigenvalue weighted by molar-refractivity contribution is -0.121. The van der Waals surface area contributed by atoms with Gasteiger partial charge in [-0.15, -0.1) is 0 Å². The van der Waals surface area contributed by atoms with E-state index in [1.165, 1.54) is 6.07 Å². The largest absolute Gasteiger partial charge is 0.350 e. The third kappa shape index (κ3) is 3.90. The van der Waals surface area contributed by atoms with Crippen molar-refractivity contribution in [3.05, 3.63) is 27.9 Å². The van der Waals surface area contributed by atoms with Crippen LogP contribution in [0.4, 0.5) is 0 Å². The first-order valence-corrected chi connectivity index (χ1v) is 7.13. The molecule has 0 unspecified atom stereocenters. The van der Waals surface area contributed by atoms with Crippen LogP contribution in [0.5, 0.6) is 0 Å². The zero-order chi connectivity index (χ0) is 14.5. The van der Waals surface area contributed by atoms with Crippen LogP contribution < -0.4 is 16.2 Å². The van der Waals surface area contributed by atoms with Gasteiger partial charge in [0.25, 0.3) is 5.56 Å². The predicted molar refractivity (Wildman–Crippen MR) is 76.1 cm³/mol. The van der Waals surface area contributed by atoms with E-state index in [0.29, 0.717) is 37.7 Å². The number of hydrogen-bond donors (Lipinski definition) is 2. The molecule has 1 aliphatic rings. The summed E-state index contributed by atoms with van der Waals surface area (Å²) in [7, 11) is 0. The van der Waals surface area contributed by atoms with Gasteiger partial charge < -0.3 is 10.6 Å². The topological polar surface area (TPSA) is 76.0 Å². The van der Waals surface area contributed by atoms with Crippen molar-refractivity contribution < 1.29 is 4.79 Å². The quantitative estimate of drug-likeness (QED) is 0.836. The number of nitrogens with one attached hydrogen (secondary N) is 2. The van der Waals surface area contributed by atoms with Crippen molar-refractivity contribution in [2.24, 2.45) is 5.92 Å². The Balaban J connectivity index is 2.06. The Morgan fingerprint density at radius 2 is 2.35 bits per heavy atom. The Bertz CT molecular complexity index is 536. The van der Waals surface area contributed by atoms with E-state index in [1.807, 2.05) is 13.8 Å². The molecule has 1 aromatic rings. The molecule has 0 spiro atoms. The van der Waals surface area contributed by atoms with Crippen LogP contribution in [-0.2, 0) is 24.4 Å². The number of carbonyl (C=O) groups excluding carboxylic acids is 1. The molecule has 0 fully saturated rings. The molecule has 6 nitrogen and oxygen atoms in total. The molecule has 0 atom stereocenters. The van der Waals surface area contributed by atoms with E-state index in [0.717, 1.165) is 18.8 Å². The Labute approximate surface area is 118 Å². The minimum absolute atomic E-state index is 0.00466. The van der Waals surface area contributed by atoms with Crippen molar-refractivity contribution in [1.82, 2.24) is 20.2 Å². The summed E-state index contributed by atoms with van der Waals surface area (Å²) in [6, 6.07) is 1.52. The molecule has 1 aliphatic heterocycles. The first-order valence-electron chi connectivity index (χ1n) is 7.13. The Kier molecular flexibility index (Phi) is 4.89. The van der Waals surface area contributed by atoms with Crippen LogP contribution in [0, 0.1) is 5.92 Å². The van der Waals surface area contributed by atoms with Gasteiger partial charge in [0.05, 0.1) is 18.8 Å². The van der Waals surface area contributed by atoms with E-state index < -0.39 is 0 Å². The van der Waals surface area contributed by atoms with Gasteiger partial charge >= 0.3 is 0 Å². The van der Waals surface area contributed by atoms with Crippen LogP contribution in [0.2, 0.25) is 0 Å². The third-order valence-corrected chi connectivity index (χ3v) is 3.22. The number of nitrogens with zero attached hydrogens (tertiary/aromatic N) is 2. The molecule has 0 aromatic carbocycles. The van der Waals surface area contributed by atoms with Gasteiger partial charge in [-0.25, -0.2) is 4.98 Å². The van der Waals surface area contributed by atoms with Crippen molar-refractivity contribution in [2.45, 2.75) is 46.3 Å².